The number of nitrogens with one attached hydrogen (secondary N) is 4. The molecule has 2 unspecified atom stereocenters. The number of aromatic amines is 2. The summed E-state index contributed by atoms with van der Waals surface area (Å²) >= 11 is 0. The number of rotatable bonds is 9. The Morgan fingerprint density at radius 2 is 1.08 bits per heavy atom. The van der Waals surface area contributed by atoms with Crippen LogP contribution in [0.4, 0.5) is 28.4 Å². The maximum absolute atomic E-state index is 6.13. The van der Waals surface area contributed by atoms with Gasteiger partial charge in [-0.05, 0) is 92.4 Å². The molecule has 52 heavy (non-hydrogen) atoms. The Kier molecular flexibility index (Phi) is 9.05. The molecule has 8 heteroatoms. The van der Waals surface area contributed by atoms with Crippen LogP contribution in [0.25, 0.3) is 45.3 Å². The quantitative estimate of drug-likeness (QED) is 0.121. The van der Waals surface area contributed by atoms with Crippen molar-refractivity contribution < 1.29 is 4.74 Å². The number of H-pyrrole nitrogens is 2. The van der Waals surface area contributed by atoms with Crippen molar-refractivity contribution in [3.05, 3.63) is 139 Å². The highest BCUT2D eigenvalue weighted by molar-refractivity contribution is 5.82. The third-order valence-electron chi connectivity index (χ3n) is 9.63. The number of aromatic nitrogens is 4. The Morgan fingerprint density at radius 3 is 1.62 bits per heavy atom. The lowest BCUT2D eigenvalue weighted by molar-refractivity contribution is -0.00517. The molecule has 0 bridgehead atoms. The van der Waals surface area contributed by atoms with Crippen LogP contribution in [0.1, 0.15) is 25.0 Å². The summed E-state index contributed by atoms with van der Waals surface area (Å²) in [6.07, 6.45) is 4.04. The van der Waals surface area contributed by atoms with Gasteiger partial charge in [-0.15, -0.1) is 0 Å². The van der Waals surface area contributed by atoms with Crippen LogP contribution in [0.3, 0.4) is 0 Å². The van der Waals surface area contributed by atoms with Crippen LogP contribution in [0, 0.1) is 13.8 Å². The zero-order chi connectivity index (χ0) is 35.6. The summed E-state index contributed by atoms with van der Waals surface area (Å²) < 4.78 is 6.13. The molecule has 4 N–H and O–H groups in total. The SMILES string of the molecule is Cc1ccc(Nc2ccc(Nc3ccc(C)c(-c4ncc(-c5ccccc5)[nH]4)c3)c(N3CC(C)OC(C)C3)c2)cc1-c1ncc(-c2ccccc2)[nH]1. The molecule has 2 atom stereocenters. The molecule has 0 saturated carbocycles. The highest BCUT2D eigenvalue weighted by Gasteiger charge is 2.25. The molecule has 1 saturated heterocycles. The fourth-order valence-corrected chi connectivity index (χ4v) is 7.03. The third kappa shape index (κ3) is 7.06. The molecule has 0 aliphatic carbocycles. The first kappa shape index (κ1) is 33.0. The number of morpholine rings is 1. The Balaban J connectivity index is 1.09. The van der Waals surface area contributed by atoms with Gasteiger partial charge in [0.15, 0.2) is 0 Å². The Bertz CT molecular complexity index is 2300. The number of anilines is 5. The molecular weight excluding hydrogens is 643 g/mol. The number of ether oxygens (including phenoxy) is 1. The van der Waals surface area contributed by atoms with Gasteiger partial charge in [-0.1, -0.05) is 72.8 Å². The second-order valence-corrected chi connectivity index (χ2v) is 13.7. The molecule has 0 radical (unpaired) electrons. The monoisotopic (exact) mass is 685 g/mol. The van der Waals surface area contributed by atoms with E-state index in [-0.39, 0.29) is 12.2 Å². The van der Waals surface area contributed by atoms with Crippen LogP contribution < -0.4 is 15.5 Å². The van der Waals surface area contributed by atoms with Crippen molar-refractivity contribution in [3.63, 3.8) is 0 Å². The van der Waals surface area contributed by atoms with Crippen molar-refractivity contribution in [1.29, 1.82) is 0 Å². The molecule has 1 fully saturated rings. The maximum atomic E-state index is 6.13. The minimum atomic E-state index is 0.116. The first-order valence-electron chi connectivity index (χ1n) is 17.9. The lowest BCUT2D eigenvalue weighted by Gasteiger charge is -2.38. The standard InChI is InChI=1S/C44H43N7O/c1-28-15-17-34(21-37(28)43-45-24-40(49-43)32-11-7-5-8-12-32)47-36-19-20-39(42(23-36)51-26-30(3)52-31(4)27-51)48-35-18-16-29(2)38(22-35)44-46-25-41(50-44)33-13-9-6-10-14-33/h5-25,30-31,47-48H,26-27H2,1-4H3,(H,45,49)(H,46,50). The topological polar surface area (TPSA) is 93.9 Å². The summed E-state index contributed by atoms with van der Waals surface area (Å²) in [4.78, 5) is 19.0. The minimum absolute atomic E-state index is 0.116. The molecule has 2 aromatic heterocycles. The summed E-state index contributed by atoms with van der Waals surface area (Å²) in [6.45, 7) is 10.1. The number of aryl methyl sites for hydroxylation is 2. The fraction of sp³-hybridized carbons (Fsp3) is 0.182. The minimum Gasteiger partial charge on any atom is -0.372 e. The van der Waals surface area contributed by atoms with E-state index < -0.39 is 0 Å². The van der Waals surface area contributed by atoms with Crippen LogP contribution in [-0.4, -0.2) is 45.2 Å². The largest absolute Gasteiger partial charge is 0.372 e. The molecule has 8 rings (SSSR count). The molecule has 0 amide bonds. The average molecular weight is 686 g/mol. The molecule has 1 aliphatic heterocycles. The van der Waals surface area contributed by atoms with Gasteiger partial charge in [0.05, 0.1) is 47.4 Å². The Morgan fingerprint density at radius 1 is 0.596 bits per heavy atom. The summed E-state index contributed by atoms with van der Waals surface area (Å²) in [5.41, 5.74) is 13.8. The van der Waals surface area contributed by atoms with Crippen molar-refractivity contribution in [2.75, 3.05) is 28.6 Å². The molecule has 3 heterocycles. The van der Waals surface area contributed by atoms with Gasteiger partial charge in [0.2, 0.25) is 0 Å². The van der Waals surface area contributed by atoms with Crippen LogP contribution in [0.5, 0.6) is 0 Å². The van der Waals surface area contributed by atoms with E-state index >= 15 is 0 Å². The maximum Gasteiger partial charge on any atom is 0.138 e. The smallest absolute Gasteiger partial charge is 0.138 e. The van der Waals surface area contributed by atoms with Gasteiger partial charge in [0, 0.05) is 41.3 Å². The van der Waals surface area contributed by atoms with Gasteiger partial charge >= 0.3 is 0 Å². The zero-order valence-electron chi connectivity index (χ0n) is 29.9. The molecule has 260 valence electrons. The highest BCUT2D eigenvalue weighted by Crippen LogP contribution is 2.37. The van der Waals surface area contributed by atoms with Crippen LogP contribution in [0.2, 0.25) is 0 Å². The lowest BCUT2D eigenvalue weighted by atomic mass is 10.1. The molecule has 8 nitrogen and oxygen atoms in total. The van der Waals surface area contributed by atoms with Crippen molar-refractivity contribution in [3.8, 4) is 45.3 Å². The van der Waals surface area contributed by atoms with E-state index in [1.54, 1.807) is 0 Å². The van der Waals surface area contributed by atoms with E-state index in [0.29, 0.717) is 0 Å². The van der Waals surface area contributed by atoms with Crippen molar-refractivity contribution in [2.45, 2.75) is 39.9 Å². The number of benzene rings is 5. The van der Waals surface area contributed by atoms with Crippen molar-refractivity contribution >= 4 is 28.4 Å². The average Bonchev–Trinajstić information content (AvgIpc) is 3.86. The van der Waals surface area contributed by atoms with E-state index in [9.17, 15) is 0 Å². The molecule has 5 aromatic carbocycles. The summed E-state index contributed by atoms with van der Waals surface area (Å²) in [5.74, 6) is 1.69. The molecule has 7 aromatic rings. The van der Waals surface area contributed by atoms with E-state index in [4.69, 9.17) is 14.7 Å². The van der Waals surface area contributed by atoms with Crippen molar-refractivity contribution in [1.82, 2.24) is 19.9 Å². The normalized spacial score (nSPS) is 15.8. The van der Waals surface area contributed by atoms with Crippen LogP contribution >= 0.6 is 0 Å². The summed E-state index contributed by atoms with van der Waals surface area (Å²) in [5, 5.41) is 7.44. The second-order valence-electron chi connectivity index (χ2n) is 13.7. The molecular formula is C44H43N7O. The van der Waals surface area contributed by atoms with Crippen LogP contribution in [0.15, 0.2) is 128 Å². The number of hydrogen-bond acceptors (Lipinski definition) is 6. The van der Waals surface area contributed by atoms with Crippen LogP contribution in [-0.2, 0) is 4.74 Å². The first-order chi connectivity index (χ1) is 25.4. The van der Waals surface area contributed by atoms with Crippen molar-refractivity contribution in [2.24, 2.45) is 0 Å². The van der Waals surface area contributed by atoms with E-state index in [0.717, 1.165) is 97.9 Å². The highest BCUT2D eigenvalue weighted by atomic mass is 16.5. The number of imidazole rings is 2. The Labute approximate surface area is 305 Å². The predicted octanol–water partition coefficient (Wildman–Crippen LogP) is 10.5. The van der Waals surface area contributed by atoms with Gasteiger partial charge in [0.25, 0.3) is 0 Å². The number of hydrogen-bond donors (Lipinski definition) is 4. The van der Waals surface area contributed by atoms with E-state index in [2.05, 4.69) is 132 Å². The summed E-state index contributed by atoms with van der Waals surface area (Å²) in [7, 11) is 0. The van der Waals surface area contributed by atoms with Gasteiger partial charge in [-0.2, -0.15) is 0 Å². The van der Waals surface area contributed by atoms with Gasteiger partial charge in [0.1, 0.15) is 11.6 Å². The fourth-order valence-electron chi connectivity index (χ4n) is 7.03. The second kappa shape index (κ2) is 14.2. The molecule has 1 aliphatic rings. The zero-order valence-corrected chi connectivity index (χ0v) is 29.9. The van der Waals surface area contributed by atoms with E-state index in [1.807, 2.05) is 48.8 Å². The van der Waals surface area contributed by atoms with Gasteiger partial charge < -0.3 is 30.2 Å². The van der Waals surface area contributed by atoms with E-state index in [1.165, 1.54) is 0 Å². The lowest BCUT2D eigenvalue weighted by Crippen LogP contribution is -2.45. The van der Waals surface area contributed by atoms with Gasteiger partial charge in [-0.3, -0.25) is 0 Å². The summed E-state index contributed by atoms with van der Waals surface area (Å²) in [6, 6.07) is 40.0. The Hall–Kier alpha value is -6.12. The molecule has 0 spiro atoms. The number of nitrogens with zero attached hydrogens (tertiary/aromatic N) is 3. The predicted molar refractivity (Wildman–Crippen MR) is 214 cm³/mol. The first-order valence-corrected chi connectivity index (χ1v) is 17.9. The third-order valence-corrected chi connectivity index (χ3v) is 9.63. The van der Waals surface area contributed by atoms with Gasteiger partial charge in [-0.25, -0.2) is 9.97 Å².